The first-order chi connectivity index (χ1) is 21.2. The van der Waals surface area contributed by atoms with Crippen LogP contribution in [0.15, 0.2) is 109 Å². The third-order valence-electron chi connectivity index (χ3n) is 7.64. The number of aromatic nitrogens is 2. The number of anilines is 1. The fourth-order valence-electron chi connectivity index (χ4n) is 5.41. The lowest BCUT2D eigenvalue weighted by atomic mass is 10.0. The fourth-order valence-corrected chi connectivity index (χ4v) is 6.33. The quantitative estimate of drug-likeness (QED) is 0.202. The molecule has 2 aromatic heterocycles. The van der Waals surface area contributed by atoms with Crippen LogP contribution in [0, 0.1) is 5.82 Å². The summed E-state index contributed by atoms with van der Waals surface area (Å²) in [5.41, 5.74) is 3.25. The molecule has 6 rings (SSSR count). The van der Waals surface area contributed by atoms with Crippen LogP contribution in [0.4, 0.5) is 10.1 Å². The van der Waals surface area contributed by atoms with Crippen LogP contribution in [0.2, 0.25) is 0 Å². The Morgan fingerprint density at radius 2 is 1.48 bits per heavy atom. The number of hydrogen-bond donors (Lipinski definition) is 1. The molecular formula is C34H31FN4O4S. The number of nitrogens with zero attached hydrogens (tertiary/aromatic N) is 4. The van der Waals surface area contributed by atoms with Crippen LogP contribution in [0.5, 0.6) is 11.6 Å². The Hall–Kier alpha value is -4.93. The first kappa shape index (κ1) is 29.2. The second-order valence-electron chi connectivity index (χ2n) is 10.6. The van der Waals surface area contributed by atoms with Gasteiger partial charge in [0.05, 0.1) is 17.6 Å². The van der Waals surface area contributed by atoms with E-state index in [0.717, 1.165) is 21.0 Å². The average Bonchev–Trinajstić information content (AvgIpc) is 3.35. The number of fused-ring (bicyclic) bond motifs is 2. The van der Waals surface area contributed by atoms with E-state index in [9.17, 15) is 17.9 Å². The van der Waals surface area contributed by atoms with Gasteiger partial charge in [0.25, 0.3) is 0 Å². The molecule has 44 heavy (non-hydrogen) atoms. The predicted molar refractivity (Wildman–Crippen MR) is 171 cm³/mol. The van der Waals surface area contributed by atoms with Crippen LogP contribution < -0.4 is 9.04 Å². The summed E-state index contributed by atoms with van der Waals surface area (Å²) in [5.74, 6) is -0.193. The van der Waals surface area contributed by atoms with Gasteiger partial charge in [-0.05, 0) is 41.0 Å². The predicted octanol–water partition coefficient (Wildman–Crippen LogP) is 6.49. The average molecular weight is 611 g/mol. The van der Waals surface area contributed by atoms with Gasteiger partial charge in [0.15, 0.2) is 5.75 Å². The molecule has 0 spiro atoms. The van der Waals surface area contributed by atoms with E-state index in [1.807, 2.05) is 60.7 Å². The molecular weight excluding hydrogens is 579 g/mol. The van der Waals surface area contributed by atoms with E-state index in [2.05, 4.69) is 4.98 Å². The van der Waals surface area contributed by atoms with E-state index < -0.39 is 16.3 Å². The first-order valence-electron chi connectivity index (χ1n) is 14.0. The fraction of sp³-hybridized carbons (Fsp3) is 0.147. The summed E-state index contributed by atoms with van der Waals surface area (Å²) in [6.45, 7) is 0.203. The normalized spacial score (nSPS) is 12.0. The van der Waals surface area contributed by atoms with Gasteiger partial charge < -0.3 is 14.4 Å². The van der Waals surface area contributed by atoms with Gasteiger partial charge in [0, 0.05) is 44.3 Å². The molecule has 0 amide bonds. The van der Waals surface area contributed by atoms with Gasteiger partial charge in [-0.1, -0.05) is 72.8 Å². The van der Waals surface area contributed by atoms with E-state index in [-0.39, 0.29) is 18.2 Å². The molecule has 0 aliphatic rings. The minimum absolute atomic E-state index is 0.136. The molecule has 224 valence electrons. The Balaban J connectivity index is 1.65. The molecule has 6 aromatic rings. The van der Waals surface area contributed by atoms with Crippen molar-refractivity contribution in [3.63, 3.8) is 0 Å². The monoisotopic (exact) mass is 610 g/mol. The SMILES string of the molecule is CN(C)S(=O)(=O)N(C)c1c2cccnc2c(OC(c2ccccc2)c2ccccc2)c2c(O)n(Cc3ccc(F)cc3)cc12. The van der Waals surface area contributed by atoms with E-state index in [0.29, 0.717) is 33.1 Å². The van der Waals surface area contributed by atoms with Crippen molar-refractivity contribution in [1.82, 2.24) is 13.9 Å². The van der Waals surface area contributed by atoms with Crippen LogP contribution in [-0.2, 0) is 16.8 Å². The number of ether oxygens (including phenoxy) is 1. The van der Waals surface area contributed by atoms with Crippen molar-refractivity contribution < 1.29 is 22.7 Å². The van der Waals surface area contributed by atoms with Crippen molar-refractivity contribution in [2.24, 2.45) is 0 Å². The first-order valence-corrected chi connectivity index (χ1v) is 15.4. The van der Waals surface area contributed by atoms with Crippen molar-refractivity contribution in [2.45, 2.75) is 12.6 Å². The lowest BCUT2D eigenvalue weighted by Crippen LogP contribution is -2.37. The molecule has 0 saturated heterocycles. The van der Waals surface area contributed by atoms with Gasteiger partial charge in [0.1, 0.15) is 17.4 Å². The minimum Gasteiger partial charge on any atom is -0.494 e. The summed E-state index contributed by atoms with van der Waals surface area (Å²) >= 11 is 0. The lowest BCUT2D eigenvalue weighted by molar-refractivity contribution is 0.252. The lowest BCUT2D eigenvalue weighted by Gasteiger charge is -2.27. The smallest absolute Gasteiger partial charge is 0.303 e. The Bertz CT molecular complexity index is 2010. The minimum atomic E-state index is -3.94. The largest absolute Gasteiger partial charge is 0.494 e. The highest BCUT2D eigenvalue weighted by molar-refractivity contribution is 7.90. The number of pyridine rings is 1. The van der Waals surface area contributed by atoms with E-state index in [1.165, 1.54) is 37.6 Å². The number of aromatic hydroxyl groups is 1. The molecule has 0 unspecified atom stereocenters. The zero-order valence-corrected chi connectivity index (χ0v) is 25.2. The molecule has 0 atom stereocenters. The van der Waals surface area contributed by atoms with E-state index in [4.69, 9.17) is 4.74 Å². The molecule has 0 fully saturated rings. The van der Waals surface area contributed by atoms with Gasteiger partial charge in [-0.3, -0.25) is 9.29 Å². The number of benzene rings is 4. The van der Waals surface area contributed by atoms with Crippen molar-refractivity contribution in [3.8, 4) is 11.6 Å². The molecule has 1 N–H and O–H groups in total. The van der Waals surface area contributed by atoms with Gasteiger partial charge in [-0.2, -0.15) is 12.7 Å². The zero-order valence-electron chi connectivity index (χ0n) is 24.4. The van der Waals surface area contributed by atoms with E-state index >= 15 is 0 Å². The Morgan fingerprint density at radius 3 is 2.07 bits per heavy atom. The Labute approximate surface area is 255 Å². The Kier molecular flexibility index (Phi) is 7.71. The molecule has 0 saturated carbocycles. The summed E-state index contributed by atoms with van der Waals surface area (Å²) < 4.78 is 51.4. The molecule has 0 aliphatic heterocycles. The van der Waals surface area contributed by atoms with Crippen LogP contribution >= 0.6 is 0 Å². The van der Waals surface area contributed by atoms with Crippen LogP contribution in [-0.4, -0.2) is 48.5 Å². The summed E-state index contributed by atoms with van der Waals surface area (Å²) in [4.78, 5) is 4.66. The van der Waals surface area contributed by atoms with E-state index in [1.54, 1.807) is 41.2 Å². The molecule has 10 heteroatoms. The highest BCUT2D eigenvalue weighted by Gasteiger charge is 2.31. The molecule has 0 radical (unpaired) electrons. The molecule has 0 bridgehead atoms. The van der Waals surface area contributed by atoms with Crippen molar-refractivity contribution in [2.75, 3.05) is 25.4 Å². The summed E-state index contributed by atoms with van der Waals surface area (Å²) in [6.07, 6.45) is 2.74. The third kappa shape index (κ3) is 5.23. The molecule has 4 aromatic carbocycles. The topological polar surface area (TPSA) is 87.9 Å². The molecule has 8 nitrogen and oxygen atoms in total. The second-order valence-corrected chi connectivity index (χ2v) is 12.8. The Morgan fingerprint density at radius 1 is 0.864 bits per heavy atom. The summed E-state index contributed by atoms with van der Waals surface area (Å²) in [6, 6.07) is 29.0. The van der Waals surface area contributed by atoms with Crippen molar-refractivity contribution >= 4 is 37.6 Å². The van der Waals surface area contributed by atoms with Gasteiger partial charge in [-0.15, -0.1) is 0 Å². The third-order valence-corrected chi connectivity index (χ3v) is 9.44. The maximum atomic E-state index is 13.7. The number of halogens is 1. The second kappa shape index (κ2) is 11.6. The molecule has 2 heterocycles. The highest BCUT2D eigenvalue weighted by Crippen LogP contribution is 2.49. The number of rotatable bonds is 9. The highest BCUT2D eigenvalue weighted by atomic mass is 32.2. The summed E-state index contributed by atoms with van der Waals surface area (Å²) in [5, 5.41) is 13.1. The maximum Gasteiger partial charge on any atom is 0.303 e. The molecule has 0 aliphatic carbocycles. The zero-order chi connectivity index (χ0) is 31.0. The van der Waals surface area contributed by atoms with Crippen molar-refractivity contribution in [1.29, 1.82) is 0 Å². The van der Waals surface area contributed by atoms with Crippen molar-refractivity contribution in [3.05, 3.63) is 132 Å². The van der Waals surface area contributed by atoms with Gasteiger partial charge in [-0.25, -0.2) is 4.39 Å². The van der Waals surface area contributed by atoms with Gasteiger partial charge >= 0.3 is 10.2 Å². The summed E-state index contributed by atoms with van der Waals surface area (Å²) in [7, 11) is 0.459. The van der Waals surface area contributed by atoms with Crippen LogP contribution in [0.3, 0.4) is 0 Å². The van der Waals surface area contributed by atoms with Crippen LogP contribution in [0.1, 0.15) is 22.8 Å². The standard InChI is InChI=1S/C34H31FN4O4S/c1-37(2)44(41,42)38(3)31-27-15-10-20-36-30(27)33(43-32(24-11-6-4-7-12-24)25-13-8-5-9-14-25)29-28(31)22-39(34(29)40)21-23-16-18-26(35)19-17-23/h4-20,22,32,40H,21H2,1-3H3. The maximum absolute atomic E-state index is 13.7. The van der Waals surface area contributed by atoms with Crippen LogP contribution in [0.25, 0.3) is 21.7 Å². The van der Waals surface area contributed by atoms with Gasteiger partial charge in [0.2, 0.25) is 5.88 Å². The number of hydrogen-bond acceptors (Lipinski definition) is 5.